The van der Waals surface area contributed by atoms with Crippen LogP contribution in [-0.4, -0.2) is 30.7 Å². The Labute approximate surface area is 199 Å². The van der Waals surface area contributed by atoms with E-state index in [1.165, 1.54) is 25.7 Å². The molecule has 1 atom stereocenters. The van der Waals surface area contributed by atoms with E-state index in [4.69, 9.17) is 4.74 Å². The summed E-state index contributed by atoms with van der Waals surface area (Å²) in [7, 11) is 0. The molecule has 1 aliphatic heterocycles. The number of anilines is 2. The summed E-state index contributed by atoms with van der Waals surface area (Å²) < 4.78 is 6.16. The summed E-state index contributed by atoms with van der Waals surface area (Å²) in [5.74, 6) is 0.736. The van der Waals surface area contributed by atoms with Crippen molar-refractivity contribution >= 4 is 17.4 Å². The van der Waals surface area contributed by atoms with Gasteiger partial charge >= 0.3 is 6.03 Å². The van der Waals surface area contributed by atoms with Crippen LogP contribution in [0, 0.1) is 5.41 Å². The summed E-state index contributed by atoms with van der Waals surface area (Å²) in [6.45, 7) is 11.3. The molecule has 0 aliphatic carbocycles. The number of aromatic nitrogens is 1. The van der Waals surface area contributed by atoms with E-state index in [0.29, 0.717) is 12.3 Å². The van der Waals surface area contributed by atoms with Crippen molar-refractivity contribution < 1.29 is 9.53 Å². The zero-order valence-corrected chi connectivity index (χ0v) is 20.7. The van der Waals surface area contributed by atoms with E-state index in [1.54, 1.807) is 6.20 Å². The molecular weight excluding hydrogens is 412 g/mol. The Bertz CT molecular complexity index is 873. The Kier molecular flexibility index (Phi) is 8.98. The highest BCUT2D eigenvalue weighted by molar-refractivity contribution is 5.91. The average Bonchev–Trinajstić information content (AvgIpc) is 3.33. The standard InChI is InChI=1S/C27H40N4O2/c1-5-6-7-10-18-33-24-19-22(31-16-8-9-17-31)13-14-23(24)29-26(32)30-25(27(2,3)4)21-12-11-15-28-20-21/h11-15,19-20,25H,5-10,16-18H2,1-4H3,(H2,29,30,32). The highest BCUT2D eigenvalue weighted by Crippen LogP contribution is 2.34. The predicted molar refractivity (Wildman–Crippen MR) is 136 cm³/mol. The Morgan fingerprint density at radius 3 is 2.61 bits per heavy atom. The first-order valence-electron chi connectivity index (χ1n) is 12.4. The van der Waals surface area contributed by atoms with Crippen molar-refractivity contribution in [3.05, 3.63) is 48.3 Å². The zero-order valence-electron chi connectivity index (χ0n) is 20.7. The summed E-state index contributed by atoms with van der Waals surface area (Å²) in [6, 6.07) is 9.59. The molecule has 33 heavy (non-hydrogen) atoms. The van der Waals surface area contributed by atoms with Crippen molar-refractivity contribution in [3.8, 4) is 5.75 Å². The molecule has 1 fully saturated rings. The van der Waals surface area contributed by atoms with Crippen LogP contribution in [0.25, 0.3) is 0 Å². The van der Waals surface area contributed by atoms with Crippen LogP contribution in [0.5, 0.6) is 5.75 Å². The maximum atomic E-state index is 13.0. The van der Waals surface area contributed by atoms with Gasteiger partial charge in [0.1, 0.15) is 5.75 Å². The van der Waals surface area contributed by atoms with Crippen molar-refractivity contribution in [3.63, 3.8) is 0 Å². The maximum absolute atomic E-state index is 13.0. The molecule has 3 rings (SSSR count). The second kappa shape index (κ2) is 11.9. The Hall–Kier alpha value is -2.76. The molecule has 0 radical (unpaired) electrons. The fourth-order valence-corrected chi connectivity index (χ4v) is 4.25. The summed E-state index contributed by atoms with van der Waals surface area (Å²) in [6.07, 6.45) is 10.6. The molecule has 1 unspecified atom stereocenters. The highest BCUT2D eigenvalue weighted by Gasteiger charge is 2.28. The van der Waals surface area contributed by atoms with Gasteiger partial charge in [0.2, 0.25) is 0 Å². The van der Waals surface area contributed by atoms with Gasteiger partial charge in [-0.2, -0.15) is 0 Å². The van der Waals surface area contributed by atoms with E-state index in [9.17, 15) is 4.79 Å². The first kappa shape index (κ1) is 24.9. The number of benzene rings is 1. The van der Waals surface area contributed by atoms with E-state index >= 15 is 0 Å². The fraction of sp³-hybridized carbons (Fsp3) is 0.556. The highest BCUT2D eigenvalue weighted by atomic mass is 16.5. The van der Waals surface area contributed by atoms with Crippen LogP contribution in [-0.2, 0) is 0 Å². The number of nitrogens with one attached hydrogen (secondary N) is 2. The number of nitrogens with zero attached hydrogens (tertiary/aromatic N) is 2. The van der Waals surface area contributed by atoms with Gasteiger partial charge in [-0.1, -0.05) is 53.0 Å². The van der Waals surface area contributed by atoms with E-state index < -0.39 is 0 Å². The van der Waals surface area contributed by atoms with Gasteiger partial charge in [-0.15, -0.1) is 0 Å². The molecule has 2 amide bonds. The van der Waals surface area contributed by atoms with Crippen molar-refractivity contribution in [1.29, 1.82) is 0 Å². The van der Waals surface area contributed by atoms with Gasteiger partial charge in [-0.25, -0.2) is 4.79 Å². The third-order valence-electron chi connectivity index (χ3n) is 6.10. The van der Waals surface area contributed by atoms with Crippen LogP contribution < -0.4 is 20.3 Å². The minimum absolute atomic E-state index is 0.168. The summed E-state index contributed by atoms with van der Waals surface area (Å²) in [5, 5.41) is 6.19. The van der Waals surface area contributed by atoms with Crippen LogP contribution >= 0.6 is 0 Å². The van der Waals surface area contributed by atoms with Gasteiger partial charge in [-0.05, 0) is 48.4 Å². The largest absolute Gasteiger partial charge is 0.491 e. The van der Waals surface area contributed by atoms with Crippen LogP contribution in [0.3, 0.4) is 0 Å². The van der Waals surface area contributed by atoms with Crippen LogP contribution in [0.15, 0.2) is 42.7 Å². The Morgan fingerprint density at radius 2 is 1.94 bits per heavy atom. The number of ether oxygens (including phenoxy) is 1. The van der Waals surface area contributed by atoms with E-state index in [1.807, 2.05) is 24.4 Å². The van der Waals surface area contributed by atoms with Crippen LogP contribution in [0.4, 0.5) is 16.2 Å². The topological polar surface area (TPSA) is 66.5 Å². The number of carbonyl (C=O) groups is 1. The minimum atomic E-state index is -0.247. The molecule has 2 aromatic rings. The van der Waals surface area contributed by atoms with E-state index in [-0.39, 0.29) is 17.5 Å². The lowest BCUT2D eigenvalue weighted by Gasteiger charge is -2.31. The lowest BCUT2D eigenvalue weighted by molar-refractivity contribution is 0.229. The number of hydrogen-bond acceptors (Lipinski definition) is 4. The predicted octanol–water partition coefficient (Wildman–Crippen LogP) is 6.55. The van der Waals surface area contributed by atoms with E-state index in [2.05, 4.69) is 60.3 Å². The molecule has 0 bridgehead atoms. The Balaban J connectivity index is 1.73. The third-order valence-corrected chi connectivity index (χ3v) is 6.10. The second-order valence-corrected chi connectivity index (χ2v) is 9.97. The number of rotatable bonds is 10. The van der Waals surface area contributed by atoms with Gasteiger partial charge in [0.15, 0.2) is 0 Å². The van der Waals surface area contributed by atoms with Crippen molar-refractivity contribution in [2.75, 3.05) is 29.9 Å². The third kappa shape index (κ3) is 7.37. The van der Waals surface area contributed by atoms with Gasteiger partial charge in [0.05, 0.1) is 18.3 Å². The lowest BCUT2D eigenvalue weighted by atomic mass is 9.83. The van der Waals surface area contributed by atoms with Gasteiger partial charge in [-0.3, -0.25) is 4.98 Å². The normalized spacial score (nSPS) is 14.7. The SMILES string of the molecule is CCCCCCOc1cc(N2CCCC2)ccc1NC(=O)NC(c1cccnc1)C(C)(C)C. The van der Waals surface area contributed by atoms with E-state index in [0.717, 1.165) is 42.9 Å². The number of unbranched alkanes of at least 4 members (excludes halogenated alkanes) is 3. The van der Waals surface area contributed by atoms with Gasteiger partial charge in [0.25, 0.3) is 0 Å². The molecular formula is C27H40N4O2. The number of carbonyl (C=O) groups excluding carboxylic acids is 1. The molecule has 1 aromatic heterocycles. The smallest absolute Gasteiger partial charge is 0.319 e. The molecule has 1 saturated heterocycles. The quantitative estimate of drug-likeness (QED) is 0.401. The minimum Gasteiger partial charge on any atom is -0.491 e. The summed E-state index contributed by atoms with van der Waals surface area (Å²) in [4.78, 5) is 19.7. The van der Waals surface area contributed by atoms with Gasteiger partial charge in [0, 0.05) is 37.2 Å². The lowest BCUT2D eigenvalue weighted by Crippen LogP contribution is -2.39. The number of amides is 2. The van der Waals surface area contributed by atoms with Crippen LogP contribution in [0.2, 0.25) is 0 Å². The molecule has 6 heteroatoms. The first-order valence-corrected chi connectivity index (χ1v) is 12.4. The summed E-state index contributed by atoms with van der Waals surface area (Å²) in [5.41, 5.74) is 2.67. The summed E-state index contributed by atoms with van der Waals surface area (Å²) >= 11 is 0. The number of urea groups is 1. The molecule has 6 nitrogen and oxygen atoms in total. The average molecular weight is 453 g/mol. The second-order valence-electron chi connectivity index (χ2n) is 9.97. The first-order chi connectivity index (χ1) is 15.9. The molecule has 2 heterocycles. The van der Waals surface area contributed by atoms with Crippen molar-refractivity contribution in [1.82, 2.24) is 10.3 Å². The molecule has 2 N–H and O–H groups in total. The fourth-order valence-electron chi connectivity index (χ4n) is 4.25. The molecule has 0 spiro atoms. The maximum Gasteiger partial charge on any atom is 0.319 e. The Morgan fingerprint density at radius 1 is 1.15 bits per heavy atom. The molecule has 1 aliphatic rings. The zero-order chi connectivity index (χ0) is 23.7. The van der Waals surface area contributed by atoms with Gasteiger partial charge < -0.3 is 20.3 Å². The molecule has 1 aromatic carbocycles. The van der Waals surface area contributed by atoms with Crippen molar-refractivity contribution in [2.24, 2.45) is 5.41 Å². The monoisotopic (exact) mass is 452 g/mol. The molecule has 180 valence electrons. The van der Waals surface area contributed by atoms with Crippen molar-refractivity contribution in [2.45, 2.75) is 72.3 Å². The number of hydrogen-bond donors (Lipinski definition) is 2. The number of pyridine rings is 1. The van der Waals surface area contributed by atoms with Crippen LogP contribution in [0.1, 0.15) is 77.8 Å². The molecule has 0 saturated carbocycles.